The zero-order chi connectivity index (χ0) is 14.5. The Balaban J connectivity index is 2.24. The molecule has 0 saturated carbocycles. The number of aromatic carboxylic acids is 1. The molecule has 0 heterocycles. The van der Waals surface area contributed by atoms with Crippen LogP contribution in [0.5, 0.6) is 5.75 Å². The summed E-state index contributed by atoms with van der Waals surface area (Å²) in [6.45, 7) is 1.87. The van der Waals surface area contributed by atoms with Crippen LogP contribution in [0.1, 0.15) is 40.5 Å². The first-order valence-corrected chi connectivity index (χ1v) is 6.49. The summed E-state index contributed by atoms with van der Waals surface area (Å²) in [5, 5.41) is 9.19. The number of benzene rings is 1. The lowest BCUT2D eigenvalue weighted by Crippen LogP contribution is -2.14. The minimum absolute atomic E-state index is 0.0358. The molecule has 5 heteroatoms. The first kappa shape index (κ1) is 14.1. The third-order valence-electron chi connectivity index (χ3n) is 2.97. The van der Waals surface area contributed by atoms with Crippen LogP contribution in [0.3, 0.4) is 0 Å². The molecule has 1 N–H and O–H groups in total. The molecule has 1 unspecified atom stereocenters. The first-order chi connectivity index (χ1) is 9.61. The van der Waals surface area contributed by atoms with Crippen molar-refractivity contribution in [2.75, 3.05) is 6.61 Å². The predicted octanol–water partition coefficient (Wildman–Crippen LogP) is 2.66. The maximum atomic E-state index is 11.7. The molecule has 0 bridgehead atoms. The van der Waals surface area contributed by atoms with Gasteiger partial charge in [-0.25, -0.2) is 9.59 Å². The van der Waals surface area contributed by atoms with Crippen molar-refractivity contribution in [2.24, 2.45) is 0 Å². The van der Waals surface area contributed by atoms with Crippen molar-refractivity contribution in [2.45, 2.75) is 25.9 Å². The van der Waals surface area contributed by atoms with Gasteiger partial charge in [-0.15, -0.1) is 0 Å². The predicted molar refractivity (Wildman–Crippen MR) is 72.1 cm³/mol. The molecule has 5 nitrogen and oxygen atoms in total. The van der Waals surface area contributed by atoms with E-state index in [-0.39, 0.29) is 23.8 Å². The number of allylic oxidation sites excluding steroid dienone is 1. The smallest absolute Gasteiger partial charge is 0.339 e. The molecule has 1 aromatic rings. The number of carboxylic acids is 1. The van der Waals surface area contributed by atoms with Crippen molar-refractivity contribution < 1.29 is 24.2 Å². The van der Waals surface area contributed by atoms with Gasteiger partial charge < -0.3 is 14.6 Å². The maximum absolute atomic E-state index is 11.7. The molecule has 2 rings (SSSR count). The standard InChI is InChI=1S/C15H16O5/c1-2-19-15(18)12-8-7-11(9-13(12)14(16)17)20-10-5-3-4-6-10/h3,5,7-10H,2,4,6H2,1H3,(H,16,17). The number of hydrogen-bond acceptors (Lipinski definition) is 4. The van der Waals surface area contributed by atoms with Crippen LogP contribution in [0.25, 0.3) is 0 Å². The second-order valence-electron chi connectivity index (χ2n) is 4.39. The normalized spacial score (nSPS) is 16.9. The Kier molecular flexibility index (Phi) is 4.40. The number of carboxylic acid groups (broad SMARTS) is 1. The summed E-state index contributed by atoms with van der Waals surface area (Å²) in [6, 6.07) is 4.38. The van der Waals surface area contributed by atoms with Gasteiger partial charge in [-0.05, 0) is 44.0 Å². The molecule has 1 aromatic carbocycles. The van der Waals surface area contributed by atoms with Gasteiger partial charge in [-0.2, -0.15) is 0 Å². The summed E-state index contributed by atoms with van der Waals surface area (Å²) in [5.41, 5.74) is -0.0726. The first-order valence-electron chi connectivity index (χ1n) is 6.49. The van der Waals surface area contributed by atoms with E-state index in [2.05, 4.69) is 0 Å². The van der Waals surface area contributed by atoms with E-state index in [0.717, 1.165) is 12.8 Å². The van der Waals surface area contributed by atoms with Crippen LogP contribution in [0, 0.1) is 0 Å². The van der Waals surface area contributed by atoms with Crippen molar-refractivity contribution >= 4 is 11.9 Å². The van der Waals surface area contributed by atoms with Gasteiger partial charge >= 0.3 is 11.9 Å². The minimum atomic E-state index is -1.18. The van der Waals surface area contributed by atoms with E-state index in [9.17, 15) is 14.7 Å². The van der Waals surface area contributed by atoms with Gasteiger partial charge in [0.2, 0.25) is 0 Å². The number of esters is 1. The van der Waals surface area contributed by atoms with Gasteiger partial charge in [-0.3, -0.25) is 0 Å². The molecular formula is C15H16O5. The lowest BCUT2D eigenvalue weighted by atomic mass is 10.1. The Morgan fingerprint density at radius 2 is 2.15 bits per heavy atom. The summed E-state index contributed by atoms with van der Waals surface area (Å²) in [7, 11) is 0. The zero-order valence-electron chi connectivity index (χ0n) is 11.2. The van der Waals surface area contributed by atoms with Gasteiger partial charge in [0.15, 0.2) is 0 Å². The fraction of sp³-hybridized carbons (Fsp3) is 0.333. The summed E-state index contributed by atoms with van der Waals surface area (Å²) < 4.78 is 10.5. The summed E-state index contributed by atoms with van der Waals surface area (Å²) in [5.74, 6) is -1.38. The minimum Gasteiger partial charge on any atom is -0.486 e. The molecule has 0 radical (unpaired) electrons. The van der Waals surface area contributed by atoms with E-state index in [0.29, 0.717) is 5.75 Å². The molecule has 20 heavy (non-hydrogen) atoms. The Bertz CT molecular complexity index is 547. The molecule has 0 aliphatic heterocycles. The van der Waals surface area contributed by atoms with E-state index >= 15 is 0 Å². The average molecular weight is 276 g/mol. The number of carbonyl (C=O) groups is 2. The summed E-state index contributed by atoms with van der Waals surface area (Å²) in [6.07, 6.45) is 5.76. The molecule has 1 aliphatic rings. The SMILES string of the molecule is CCOC(=O)c1ccc(OC2C=CCC2)cc1C(=O)O. The molecule has 0 fully saturated rings. The lowest BCUT2D eigenvalue weighted by Gasteiger charge is -2.13. The number of hydrogen-bond donors (Lipinski definition) is 1. The average Bonchev–Trinajstić information content (AvgIpc) is 2.91. The number of carbonyl (C=O) groups excluding carboxylic acids is 1. The fourth-order valence-corrected chi connectivity index (χ4v) is 2.04. The zero-order valence-corrected chi connectivity index (χ0v) is 11.2. The molecule has 106 valence electrons. The highest BCUT2D eigenvalue weighted by Crippen LogP contribution is 2.23. The maximum Gasteiger partial charge on any atom is 0.339 e. The largest absolute Gasteiger partial charge is 0.486 e. The second kappa shape index (κ2) is 6.23. The van der Waals surface area contributed by atoms with Crippen molar-refractivity contribution in [3.8, 4) is 5.75 Å². The molecule has 0 aromatic heterocycles. The molecule has 1 atom stereocenters. The Labute approximate surface area is 116 Å². The van der Waals surface area contributed by atoms with Crippen LogP contribution in [-0.4, -0.2) is 29.8 Å². The summed E-state index contributed by atoms with van der Waals surface area (Å²) in [4.78, 5) is 22.9. The van der Waals surface area contributed by atoms with E-state index in [1.54, 1.807) is 13.0 Å². The highest BCUT2D eigenvalue weighted by atomic mass is 16.5. The molecular weight excluding hydrogens is 260 g/mol. The number of ether oxygens (including phenoxy) is 2. The van der Waals surface area contributed by atoms with Crippen LogP contribution >= 0.6 is 0 Å². The molecule has 1 aliphatic carbocycles. The molecule has 0 spiro atoms. The van der Waals surface area contributed by atoms with Crippen molar-refractivity contribution in [3.05, 3.63) is 41.5 Å². The lowest BCUT2D eigenvalue weighted by molar-refractivity contribution is 0.0514. The molecule has 0 amide bonds. The van der Waals surface area contributed by atoms with E-state index in [4.69, 9.17) is 9.47 Å². The van der Waals surface area contributed by atoms with Crippen LogP contribution in [0.2, 0.25) is 0 Å². The molecule has 0 saturated heterocycles. The fourth-order valence-electron chi connectivity index (χ4n) is 2.04. The Hall–Kier alpha value is -2.30. The van der Waals surface area contributed by atoms with E-state index in [1.165, 1.54) is 12.1 Å². The Morgan fingerprint density at radius 1 is 1.35 bits per heavy atom. The van der Waals surface area contributed by atoms with Crippen molar-refractivity contribution in [1.29, 1.82) is 0 Å². The highest BCUT2D eigenvalue weighted by molar-refractivity contribution is 6.02. The van der Waals surface area contributed by atoms with Crippen molar-refractivity contribution in [3.63, 3.8) is 0 Å². The Morgan fingerprint density at radius 3 is 2.75 bits per heavy atom. The van der Waals surface area contributed by atoms with Crippen LogP contribution in [0.15, 0.2) is 30.4 Å². The van der Waals surface area contributed by atoms with Crippen LogP contribution < -0.4 is 4.74 Å². The topological polar surface area (TPSA) is 72.8 Å². The van der Waals surface area contributed by atoms with Crippen LogP contribution in [0.4, 0.5) is 0 Å². The van der Waals surface area contributed by atoms with Gasteiger partial charge in [0.05, 0.1) is 17.7 Å². The van der Waals surface area contributed by atoms with E-state index < -0.39 is 11.9 Å². The van der Waals surface area contributed by atoms with Gasteiger partial charge in [0.1, 0.15) is 11.9 Å². The second-order valence-corrected chi connectivity index (χ2v) is 4.39. The van der Waals surface area contributed by atoms with Gasteiger partial charge in [-0.1, -0.05) is 6.08 Å². The monoisotopic (exact) mass is 276 g/mol. The number of rotatable bonds is 5. The van der Waals surface area contributed by atoms with Crippen molar-refractivity contribution in [1.82, 2.24) is 0 Å². The van der Waals surface area contributed by atoms with Gasteiger partial charge in [0.25, 0.3) is 0 Å². The third-order valence-corrected chi connectivity index (χ3v) is 2.97. The highest BCUT2D eigenvalue weighted by Gasteiger charge is 2.19. The van der Waals surface area contributed by atoms with Gasteiger partial charge in [0, 0.05) is 0 Å². The summed E-state index contributed by atoms with van der Waals surface area (Å²) >= 11 is 0. The van der Waals surface area contributed by atoms with Crippen LogP contribution in [-0.2, 0) is 4.74 Å². The quantitative estimate of drug-likeness (QED) is 0.661. The third kappa shape index (κ3) is 3.17. The van der Waals surface area contributed by atoms with E-state index in [1.807, 2.05) is 12.2 Å².